The molecule has 4 atom stereocenters. The van der Waals surface area contributed by atoms with Crippen LogP contribution in [0.15, 0.2) is 0 Å². The summed E-state index contributed by atoms with van der Waals surface area (Å²) in [6.45, 7) is 4.31. The number of carbonyl (C=O) groups excluding carboxylic acids is 4. The highest BCUT2D eigenvalue weighted by Gasteiger charge is 2.40. The Labute approximate surface area is 175 Å². The van der Waals surface area contributed by atoms with E-state index in [-0.39, 0.29) is 18.9 Å². The molecule has 2 fully saturated rings. The van der Waals surface area contributed by atoms with Crippen molar-refractivity contribution in [3.05, 3.63) is 0 Å². The zero-order valence-electron chi connectivity index (χ0n) is 17.3. The Hall–Kier alpha value is -2.69. The average Bonchev–Trinajstić information content (AvgIpc) is 3.35. The molecular weight excluding hydrogens is 394 g/mol. The number of likely N-dealkylation sites (tertiary alicyclic amines) is 1. The van der Waals surface area contributed by atoms with Gasteiger partial charge in [0.25, 0.3) is 0 Å². The van der Waals surface area contributed by atoms with Crippen LogP contribution < -0.4 is 21.7 Å². The lowest BCUT2D eigenvalue weighted by Crippen LogP contribution is -2.57. The molecule has 0 aliphatic carbocycles. The van der Waals surface area contributed by atoms with Gasteiger partial charge in [0.2, 0.25) is 23.6 Å². The lowest BCUT2D eigenvalue weighted by molar-refractivity contribution is -0.146. The standard InChI is InChI=1S/C19H31N5O6/c1-10(2)15(19(29)30)23-17(27)13-6-4-8-24(13)18(28)12(9-14(20)25)22-16(26)11-5-3-7-21-11/h10-13,15,21H,3-9H2,1-2H3,(H2,20,25)(H,22,26)(H,23,27)(H,29,30). The van der Waals surface area contributed by atoms with Crippen molar-refractivity contribution in [2.75, 3.05) is 13.1 Å². The Morgan fingerprint density at radius 1 is 1.10 bits per heavy atom. The molecule has 6 N–H and O–H groups in total. The van der Waals surface area contributed by atoms with E-state index >= 15 is 0 Å². The molecule has 0 aromatic carbocycles. The van der Waals surface area contributed by atoms with E-state index in [1.165, 1.54) is 4.90 Å². The molecule has 168 valence electrons. The van der Waals surface area contributed by atoms with Gasteiger partial charge in [0.05, 0.1) is 12.5 Å². The third-order valence-corrected chi connectivity index (χ3v) is 5.47. The van der Waals surface area contributed by atoms with Gasteiger partial charge < -0.3 is 31.7 Å². The zero-order chi connectivity index (χ0) is 22.4. The summed E-state index contributed by atoms with van der Waals surface area (Å²) in [5.41, 5.74) is 5.26. The number of nitrogens with zero attached hydrogens (tertiary/aromatic N) is 1. The number of aliphatic carboxylic acids is 1. The van der Waals surface area contributed by atoms with Crippen molar-refractivity contribution in [1.82, 2.24) is 20.9 Å². The highest BCUT2D eigenvalue weighted by atomic mass is 16.4. The van der Waals surface area contributed by atoms with Crippen molar-refractivity contribution in [2.24, 2.45) is 11.7 Å². The molecule has 2 saturated heterocycles. The Morgan fingerprint density at radius 2 is 1.80 bits per heavy atom. The van der Waals surface area contributed by atoms with Crippen molar-refractivity contribution >= 4 is 29.6 Å². The number of nitrogens with one attached hydrogen (secondary N) is 3. The molecule has 11 nitrogen and oxygen atoms in total. The van der Waals surface area contributed by atoms with Gasteiger partial charge in [-0.05, 0) is 38.1 Å². The fourth-order valence-electron chi connectivity index (χ4n) is 3.85. The second kappa shape index (κ2) is 10.4. The van der Waals surface area contributed by atoms with Gasteiger partial charge in [0, 0.05) is 6.54 Å². The second-order valence-electron chi connectivity index (χ2n) is 8.14. The summed E-state index contributed by atoms with van der Waals surface area (Å²) in [5, 5.41) is 17.4. The zero-order valence-corrected chi connectivity index (χ0v) is 17.3. The second-order valence-corrected chi connectivity index (χ2v) is 8.14. The maximum atomic E-state index is 13.1. The summed E-state index contributed by atoms with van der Waals surface area (Å²) in [6, 6.07) is -3.56. The Morgan fingerprint density at radius 3 is 2.33 bits per heavy atom. The lowest BCUT2D eigenvalue weighted by Gasteiger charge is -2.30. The molecule has 0 spiro atoms. The molecule has 0 aromatic heterocycles. The van der Waals surface area contributed by atoms with Crippen LogP contribution in [0.4, 0.5) is 0 Å². The van der Waals surface area contributed by atoms with E-state index < -0.39 is 53.8 Å². The monoisotopic (exact) mass is 425 g/mol. The van der Waals surface area contributed by atoms with Gasteiger partial charge in [-0.1, -0.05) is 13.8 Å². The first kappa shape index (κ1) is 23.6. The van der Waals surface area contributed by atoms with E-state index in [2.05, 4.69) is 16.0 Å². The smallest absolute Gasteiger partial charge is 0.326 e. The molecule has 0 aromatic rings. The number of carboxylic acid groups (broad SMARTS) is 1. The minimum absolute atomic E-state index is 0.267. The van der Waals surface area contributed by atoms with Gasteiger partial charge in [-0.15, -0.1) is 0 Å². The topological polar surface area (TPSA) is 171 Å². The Kier molecular flexibility index (Phi) is 8.16. The predicted molar refractivity (Wildman–Crippen MR) is 106 cm³/mol. The minimum Gasteiger partial charge on any atom is -0.480 e. The maximum Gasteiger partial charge on any atom is 0.326 e. The van der Waals surface area contributed by atoms with Crippen LogP contribution in [-0.2, 0) is 24.0 Å². The molecule has 4 amide bonds. The first-order chi connectivity index (χ1) is 14.1. The third kappa shape index (κ3) is 5.91. The average molecular weight is 425 g/mol. The van der Waals surface area contributed by atoms with E-state index in [1.54, 1.807) is 13.8 Å². The number of rotatable bonds is 9. The van der Waals surface area contributed by atoms with Gasteiger partial charge in [0.1, 0.15) is 18.1 Å². The number of carbonyl (C=O) groups is 5. The molecule has 2 rings (SSSR count). The van der Waals surface area contributed by atoms with Crippen molar-refractivity contribution in [3.63, 3.8) is 0 Å². The molecule has 11 heteroatoms. The first-order valence-corrected chi connectivity index (χ1v) is 10.3. The summed E-state index contributed by atoms with van der Waals surface area (Å²) >= 11 is 0. The number of amides is 4. The largest absolute Gasteiger partial charge is 0.480 e. The van der Waals surface area contributed by atoms with Crippen LogP contribution in [0.5, 0.6) is 0 Å². The molecule has 4 unspecified atom stereocenters. The van der Waals surface area contributed by atoms with E-state index in [0.29, 0.717) is 25.8 Å². The number of hydrogen-bond acceptors (Lipinski definition) is 6. The number of nitrogens with two attached hydrogens (primary N) is 1. The lowest BCUT2D eigenvalue weighted by atomic mass is 10.0. The summed E-state index contributed by atoms with van der Waals surface area (Å²) in [6.07, 6.45) is 1.99. The number of primary amides is 1. The Bertz CT molecular complexity index is 691. The Balaban J connectivity index is 2.10. The van der Waals surface area contributed by atoms with Gasteiger partial charge in [-0.3, -0.25) is 19.2 Å². The number of hydrogen-bond donors (Lipinski definition) is 5. The summed E-state index contributed by atoms with van der Waals surface area (Å²) in [5.74, 6) is -3.77. The molecule has 30 heavy (non-hydrogen) atoms. The quantitative estimate of drug-likeness (QED) is 0.293. The van der Waals surface area contributed by atoms with Gasteiger partial charge in [-0.25, -0.2) is 4.79 Å². The SMILES string of the molecule is CC(C)C(NC(=O)C1CCCN1C(=O)C(CC(N)=O)NC(=O)C1CCCN1)C(=O)O. The molecule has 0 radical (unpaired) electrons. The molecule has 2 aliphatic heterocycles. The molecular formula is C19H31N5O6. The van der Waals surface area contributed by atoms with Crippen LogP contribution in [0.25, 0.3) is 0 Å². The molecule has 2 heterocycles. The summed E-state index contributed by atoms with van der Waals surface area (Å²) < 4.78 is 0. The van der Waals surface area contributed by atoms with Crippen molar-refractivity contribution in [2.45, 2.75) is 70.1 Å². The van der Waals surface area contributed by atoms with E-state index in [4.69, 9.17) is 5.73 Å². The van der Waals surface area contributed by atoms with Crippen LogP contribution in [0, 0.1) is 5.92 Å². The summed E-state index contributed by atoms with van der Waals surface area (Å²) in [7, 11) is 0. The van der Waals surface area contributed by atoms with E-state index in [0.717, 1.165) is 6.42 Å². The van der Waals surface area contributed by atoms with Crippen LogP contribution in [-0.4, -0.2) is 76.9 Å². The van der Waals surface area contributed by atoms with Crippen molar-refractivity contribution < 1.29 is 29.1 Å². The van der Waals surface area contributed by atoms with Crippen LogP contribution in [0.3, 0.4) is 0 Å². The fraction of sp³-hybridized carbons (Fsp3) is 0.737. The van der Waals surface area contributed by atoms with Crippen molar-refractivity contribution in [3.8, 4) is 0 Å². The molecule has 2 aliphatic rings. The molecule has 0 bridgehead atoms. The van der Waals surface area contributed by atoms with Crippen LogP contribution >= 0.6 is 0 Å². The third-order valence-electron chi connectivity index (χ3n) is 5.47. The highest BCUT2D eigenvalue weighted by molar-refractivity contribution is 5.96. The van der Waals surface area contributed by atoms with Crippen LogP contribution in [0.1, 0.15) is 46.0 Å². The first-order valence-electron chi connectivity index (χ1n) is 10.3. The molecule has 0 saturated carbocycles. The van der Waals surface area contributed by atoms with Gasteiger partial charge in [0.15, 0.2) is 0 Å². The van der Waals surface area contributed by atoms with E-state index in [9.17, 15) is 29.1 Å². The normalized spacial score (nSPS) is 23.1. The van der Waals surface area contributed by atoms with Gasteiger partial charge >= 0.3 is 5.97 Å². The van der Waals surface area contributed by atoms with Crippen molar-refractivity contribution in [1.29, 1.82) is 0 Å². The fourth-order valence-corrected chi connectivity index (χ4v) is 3.85. The predicted octanol–water partition coefficient (Wildman–Crippen LogP) is -1.68. The van der Waals surface area contributed by atoms with Crippen LogP contribution in [0.2, 0.25) is 0 Å². The summed E-state index contributed by atoms with van der Waals surface area (Å²) in [4.78, 5) is 62.4. The van der Waals surface area contributed by atoms with E-state index in [1.807, 2.05) is 0 Å². The number of carboxylic acids is 1. The van der Waals surface area contributed by atoms with Gasteiger partial charge in [-0.2, -0.15) is 0 Å². The maximum absolute atomic E-state index is 13.1. The highest BCUT2D eigenvalue weighted by Crippen LogP contribution is 2.20. The minimum atomic E-state index is -1.17.